The minimum Gasteiger partial charge on any atom is -0.320 e. The van der Waals surface area contributed by atoms with Crippen LogP contribution >= 0.6 is 0 Å². The number of nitroso groups, excluding NO2 is 1. The Morgan fingerprint density at radius 1 is 1.75 bits per heavy atom. The molecule has 0 saturated heterocycles. The van der Waals surface area contributed by atoms with Crippen LogP contribution in [-0.4, -0.2) is 19.6 Å². The van der Waals surface area contributed by atoms with Crippen LogP contribution in [0, 0.1) is 4.91 Å². The summed E-state index contributed by atoms with van der Waals surface area (Å²) < 4.78 is 0. The molecule has 0 heterocycles. The van der Waals surface area contributed by atoms with Gasteiger partial charge in [-0.05, 0) is 26.9 Å². The van der Waals surface area contributed by atoms with Crippen LogP contribution < -0.4 is 5.32 Å². The quantitative estimate of drug-likeness (QED) is 0.551. The van der Waals surface area contributed by atoms with E-state index in [9.17, 15) is 4.91 Å². The Balaban J connectivity index is 2.98. The SMILES string of the molecule is CNCCC(C)N=O. The van der Waals surface area contributed by atoms with E-state index in [1.54, 1.807) is 0 Å². The molecule has 0 aromatic heterocycles. The van der Waals surface area contributed by atoms with Crippen molar-refractivity contribution in [3.63, 3.8) is 0 Å². The molecule has 0 saturated carbocycles. The maximum absolute atomic E-state index is 9.73. The number of hydrogen-bond acceptors (Lipinski definition) is 3. The number of nitrogens with one attached hydrogen (secondary N) is 1. The van der Waals surface area contributed by atoms with Gasteiger partial charge in [0.1, 0.15) is 0 Å². The monoisotopic (exact) mass is 116 g/mol. The molecule has 0 aliphatic heterocycles. The van der Waals surface area contributed by atoms with Crippen molar-refractivity contribution in [2.45, 2.75) is 19.4 Å². The number of hydrogen-bond donors (Lipinski definition) is 1. The highest BCUT2D eigenvalue weighted by Gasteiger charge is 1.96. The Hall–Kier alpha value is -0.440. The first kappa shape index (κ1) is 7.56. The molecule has 48 valence electrons. The molecule has 3 heteroatoms. The lowest BCUT2D eigenvalue weighted by molar-refractivity contribution is 0.626. The summed E-state index contributed by atoms with van der Waals surface area (Å²) in [4.78, 5) is 9.73. The molecule has 0 aliphatic rings. The van der Waals surface area contributed by atoms with Gasteiger partial charge in [0, 0.05) is 0 Å². The standard InChI is InChI=1S/C5H12N2O/c1-5(7-8)3-4-6-2/h5-6H,3-4H2,1-2H3. The molecular formula is C5H12N2O. The largest absolute Gasteiger partial charge is 0.320 e. The molecule has 1 unspecified atom stereocenters. The van der Waals surface area contributed by atoms with Gasteiger partial charge in [-0.3, -0.25) is 0 Å². The van der Waals surface area contributed by atoms with Crippen molar-refractivity contribution in [1.82, 2.24) is 5.32 Å². The van der Waals surface area contributed by atoms with Crippen LogP contribution in [0.4, 0.5) is 0 Å². The fourth-order valence-electron chi connectivity index (χ4n) is 0.406. The first-order valence-electron chi connectivity index (χ1n) is 2.78. The summed E-state index contributed by atoms with van der Waals surface area (Å²) in [5.41, 5.74) is 0. The van der Waals surface area contributed by atoms with Gasteiger partial charge in [-0.1, -0.05) is 5.18 Å². The summed E-state index contributed by atoms with van der Waals surface area (Å²) >= 11 is 0. The Morgan fingerprint density at radius 3 is 2.75 bits per heavy atom. The van der Waals surface area contributed by atoms with Crippen LogP contribution in [0.1, 0.15) is 13.3 Å². The van der Waals surface area contributed by atoms with E-state index in [0.717, 1.165) is 13.0 Å². The van der Waals surface area contributed by atoms with E-state index in [2.05, 4.69) is 10.5 Å². The average molecular weight is 116 g/mol. The Morgan fingerprint density at radius 2 is 2.38 bits per heavy atom. The molecule has 0 aromatic rings. The summed E-state index contributed by atoms with van der Waals surface area (Å²) in [7, 11) is 1.86. The Kier molecular flexibility index (Phi) is 4.45. The predicted molar refractivity (Wildman–Crippen MR) is 33.8 cm³/mol. The average Bonchev–Trinajstić information content (AvgIpc) is 1.83. The lowest BCUT2D eigenvalue weighted by Crippen LogP contribution is -2.12. The fourth-order valence-corrected chi connectivity index (χ4v) is 0.406. The molecule has 3 nitrogen and oxygen atoms in total. The summed E-state index contributed by atoms with van der Waals surface area (Å²) in [6, 6.07) is -0.0394. The zero-order valence-electron chi connectivity index (χ0n) is 5.35. The van der Waals surface area contributed by atoms with Crippen molar-refractivity contribution < 1.29 is 0 Å². The van der Waals surface area contributed by atoms with E-state index >= 15 is 0 Å². The zero-order valence-corrected chi connectivity index (χ0v) is 5.35. The van der Waals surface area contributed by atoms with E-state index in [1.165, 1.54) is 0 Å². The zero-order chi connectivity index (χ0) is 6.41. The summed E-state index contributed by atoms with van der Waals surface area (Å²) in [5.74, 6) is 0. The van der Waals surface area contributed by atoms with Crippen LogP contribution in [-0.2, 0) is 0 Å². The molecule has 8 heavy (non-hydrogen) atoms. The van der Waals surface area contributed by atoms with E-state index < -0.39 is 0 Å². The van der Waals surface area contributed by atoms with Gasteiger partial charge >= 0.3 is 0 Å². The first-order valence-corrected chi connectivity index (χ1v) is 2.78. The van der Waals surface area contributed by atoms with Crippen LogP contribution in [0.2, 0.25) is 0 Å². The maximum atomic E-state index is 9.73. The van der Waals surface area contributed by atoms with E-state index in [0.29, 0.717) is 0 Å². The van der Waals surface area contributed by atoms with Gasteiger partial charge < -0.3 is 5.32 Å². The molecule has 0 aromatic carbocycles. The van der Waals surface area contributed by atoms with Gasteiger partial charge in [-0.15, -0.1) is 0 Å². The number of nitrogens with zero attached hydrogens (tertiary/aromatic N) is 1. The topological polar surface area (TPSA) is 41.5 Å². The van der Waals surface area contributed by atoms with E-state index in [1.807, 2.05) is 14.0 Å². The van der Waals surface area contributed by atoms with Crippen molar-refractivity contribution in [2.75, 3.05) is 13.6 Å². The molecule has 0 fully saturated rings. The van der Waals surface area contributed by atoms with Crippen molar-refractivity contribution in [2.24, 2.45) is 5.18 Å². The van der Waals surface area contributed by atoms with E-state index in [-0.39, 0.29) is 6.04 Å². The second-order valence-electron chi connectivity index (χ2n) is 1.85. The van der Waals surface area contributed by atoms with Gasteiger partial charge in [-0.25, -0.2) is 0 Å². The van der Waals surface area contributed by atoms with Crippen LogP contribution in [0.5, 0.6) is 0 Å². The summed E-state index contributed by atoms with van der Waals surface area (Å²) in [5, 5.41) is 5.77. The van der Waals surface area contributed by atoms with Crippen molar-refractivity contribution in [3.05, 3.63) is 4.91 Å². The van der Waals surface area contributed by atoms with Crippen molar-refractivity contribution >= 4 is 0 Å². The van der Waals surface area contributed by atoms with Crippen molar-refractivity contribution in [3.8, 4) is 0 Å². The number of rotatable bonds is 4. The second-order valence-corrected chi connectivity index (χ2v) is 1.85. The molecule has 0 radical (unpaired) electrons. The minimum atomic E-state index is -0.0394. The predicted octanol–water partition coefficient (Wildman–Crippen LogP) is 0.751. The van der Waals surface area contributed by atoms with Gasteiger partial charge in [0.25, 0.3) is 0 Å². The van der Waals surface area contributed by atoms with Crippen LogP contribution in [0.3, 0.4) is 0 Å². The third-order valence-electron chi connectivity index (χ3n) is 0.992. The highest BCUT2D eigenvalue weighted by molar-refractivity contribution is 4.57. The minimum absolute atomic E-state index is 0.0394. The molecule has 0 rings (SSSR count). The summed E-state index contributed by atoms with van der Waals surface area (Å²) in [6.45, 7) is 2.68. The third-order valence-corrected chi connectivity index (χ3v) is 0.992. The maximum Gasteiger partial charge on any atom is 0.0903 e. The Bertz CT molecular complexity index is 65.4. The lowest BCUT2D eigenvalue weighted by Gasteiger charge is -1.98. The molecule has 1 N–H and O–H groups in total. The molecule has 0 amide bonds. The summed E-state index contributed by atoms with van der Waals surface area (Å²) in [6.07, 6.45) is 0.833. The molecule has 0 bridgehead atoms. The molecule has 0 aliphatic carbocycles. The van der Waals surface area contributed by atoms with Gasteiger partial charge in [-0.2, -0.15) is 4.91 Å². The van der Waals surface area contributed by atoms with Gasteiger partial charge in [0.05, 0.1) is 6.04 Å². The van der Waals surface area contributed by atoms with Crippen molar-refractivity contribution in [1.29, 1.82) is 0 Å². The normalized spacial score (nSPS) is 13.2. The first-order chi connectivity index (χ1) is 3.81. The third kappa shape index (κ3) is 3.74. The lowest BCUT2D eigenvalue weighted by atomic mass is 10.2. The molecule has 0 spiro atoms. The van der Waals surface area contributed by atoms with Crippen LogP contribution in [0.25, 0.3) is 0 Å². The highest BCUT2D eigenvalue weighted by atomic mass is 16.3. The van der Waals surface area contributed by atoms with E-state index in [4.69, 9.17) is 0 Å². The smallest absolute Gasteiger partial charge is 0.0903 e. The van der Waals surface area contributed by atoms with Gasteiger partial charge in [0.15, 0.2) is 0 Å². The fraction of sp³-hybridized carbons (Fsp3) is 1.00. The molecular weight excluding hydrogens is 104 g/mol. The van der Waals surface area contributed by atoms with Gasteiger partial charge in [0.2, 0.25) is 0 Å². The second kappa shape index (κ2) is 4.71. The van der Waals surface area contributed by atoms with Crippen LogP contribution in [0.15, 0.2) is 5.18 Å². The highest BCUT2D eigenvalue weighted by Crippen LogP contribution is 1.91. The molecule has 1 atom stereocenters. The Labute approximate surface area is 49.4 Å².